The molecule has 0 aromatic heterocycles. The zero-order valence-electron chi connectivity index (χ0n) is 19.2. The Bertz CT molecular complexity index is 1190. The minimum Gasteiger partial charge on any atom is -0.397 e. The number of rotatable bonds is 5. The minimum atomic E-state index is -4.44. The van der Waals surface area contributed by atoms with Gasteiger partial charge < -0.3 is 22.5 Å². The van der Waals surface area contributed by atoms with Crippen LogP contribution in [0, 0.1) is 0 Å². The molecule has 0 saturated carbocycles. The second-order valence-corrected chi connectivity index (χ2v) is 8.61. The molecule has 0 saturated heterocycles. The Kier molecular flexibility index (Phi) is 7.21. The summed E-state index contributed by atoms with van der Waals surface area (Å²) < 4.78 is 39.2. The number of aryl methyl sites for hydroxylation is 1. The van der Waals surface area contributed by atoms with E-state index in [0.29, 0.717) is 22.5 Å². The number of hydrogen-bond acceptors (Lipinski definition) is 4. The number of nitrogens with two attached hydrogens (primary N) is 1. The zero-order chi connectivity index (χ0) is 23.8. The Morgan fingerprint density at radius 2 is 1.79 bits per heavy atom. The number of halogens is 3. The fourth-order valence-corrected chi connectivity index (χ4v) is 4.44. The van der Waals surface area contributed by atoms with Crippen molar-refractivity contribution in [1.82, 2.24) is 11.5 Å². The Hall–Kier alpha value is -3.52. The maximum absolute atomic E-state index is 13.2. The van der Waals surface area contributed by atoms with Crippen LogP contribution in [-0.4, -0.2) is 5.91 Å². The maximum atomic E-state index is 13.2. The summed E-state index contributed by atoms with van der Waals surface area (Å²) in [6.07, 6.45) is -2.68. The number of benzene rings is 3. The molecule has 34 heavy (non-hydrogen) atoms. The van der Waals surface area contributed by atoms with Gasteiger partial charge in [0.1, 0.15) is 0 Å². The van der Waals surface area contributed by atoms with Crippen LogP contribution in [0.25, 0.3) is 0 Å². The quantitative estimate of drug-likeness (QED) is 0.310. The number of hydrogen-bond donors (Lipinski definition) is 4. The molecule has 0 unspecified atom stereocenters. The van der Waals surface area contributed by atoms with Gasteiger partial charge in [0.15, 0.2) is 0 Å². The Balaban J connectivity index is 0.00000324. The van der Waals surface area contributed by atoms with Crippen molar-refractivity contribution >= 4 is 23.0 Å². The van der Waals surface area contributed by atoms with Crippen LogP contribution >= 0.6 is 0 Å². The average Bonchev–Trinajstić information content (AvgIpc) is 3.17. The maximum Gasteiger partial charge on any atom is 0.416 e. The van der Waals surface area contributed by atoms with Crippen molar-refractivity contribution < 1.29 is 18.0 Å². The van der Waals surface area contributed by atoms with Gasteiger partial charge in [-0.15, -0.1) is 0 Å². The molecule has 0 bridgehead atoms. The third kappa shape index (κ3) is 5.02. The predicted octanol–water partition coefficient (Wildman–Crippen LogP) is 6.73. The van der Waals surface area contributed by atoms with E-state index in [0.717, 1.165) is 30.5 Å². The van der Waals surface area contributed by atoms with Gasteiger partial charge in [-0.3, -0.25) is 4.79 Å². The molecule has 4 rings (SSSR count). The van der Waals surface area contributed by atoms with E-state index in [1.54, 1.807) is 18.2 Å². The zero-order valence-corrected chi connectivity index (χ0v) is 19.2. The van der Waals surface area contributed by atoms with Crippen molar-refractivity contribution in [2.75, 3.05) is 11.1 Å². The summed E-state index contributed by atoms with van der Waals surface area (Å²) in [5.74, 6) is -0.275. The number of alkyl halides is 3. The summed E-state index contributed by atoms with van der Waals surface area (Å²) in [5, 5.41) is 6.10. The lowest BCUT2D eigenvalue weighted by molar-refractivity contribution is -0.137. The average molecular weight is 471 g/mol. The van der Waals surface area contributed by atoms with E-state index in [4.69, 9.17) is 5.73 Å². The molecule has 0 aliphatic heterocycles. The highest BCUT2D eigenvalue weighted by Crippen LogP contribution is 2.37. The number of amides is 1. The van der Waals surface area contributed by atoms with E-state index in [9.17, 15) is 18.0 Å². The second kappa shape index (κ2) is 9.77. The molecule has 0 spiro atoms. The van der Waals surface area contributed by atoms with Crippen LogP contribution in [0.15, 0.2) is 60.7 Å². The lowest BCUT2D eigenvalue weighted by Crippen LogP contribution is -2.28. The predicted molar refractivity (Wildman–Crippen MR) is 130 cm³/mol. The van der Waals surface area contributed by atoms with Crippen LogP contribution in [0.2, 0.25) is 0 Å². The van der Waals surface area contributed by atoms with Crippen molar-refractivity contribution in [1.29, 1.82) is 0 Å². The second-order valence-electron chi connectivity index (χ2n) is 8.61. The molecular weight excluding hydrogens is 441 g/mol. The molecule has 3 aromatic rings. The fourth-order valence-electron chi connectivity index (χ4n) is 4.44. The van der Waals surface area contributed by atoms with Gasteiger partial charge in [0, 0.05) is 11.3 Å². The molecule has 1 aliphatic rings. The summed E-state index contributed by atoms with van der Waals surface area (Å²) in [5.41, 5.74) is 10.3. The van der Waals surface area contributed by atoms with Crippen molar-refractivity contribution in [3.8, 4) is 0 Å². The van der Waals surface area contributed by atoms with Crippen LogP contribution in [0.4, 0.5) is 30.2 Å². The number of anilines is 3. The van der Waals surface area contributed by atoms with Crippen LogP contribution in [0.3, 0.4) is 0 Å². The van der Waals surface area contributed by atoms with Gasteiger partial charge >= 0.3 is 6.18 Å². The first-order valence-electron chi connectivity index (χ1n) is 10.9. The molecule has 1 atom stereocenters. The van der Waals surface area contributed by atoms with Crippen LogP contribution in [-0.2, 0) is 12.6 Å². The first-order valence-corrected chi connectivity index (χ1v) is 10.9. The molecule has 3 aromatic carbocycles. The molecule has 5 nitrogen and oxygen atoms in total. The highest BCUT2D eigenvalue weighted by molar-refractivity contribution is 5.99. The summed E-state index contributed by atoms with van der Waals surface area (Å²) in [4.78, 5) is 13.2. The monoisotopic (exact) mass is 470 g/mol. The Morgan fingerprint density at radius 1 is 1.06 bits per heavy atom. The molecule has 0 fully saturated rings. The van der Waals surface area contributed by atoms with Gasteiger partial charge in [-0.05, 0) is 65.8 Å². The Morgan fingerprint density at radius 3 is 2.50 bits per heavy atom. The number of carbonyl (C=O) groups excluding carboxylic acids is 1. The minimum absolute atomic E-state index is 0. The lowest BCUT2D eigenvalue weighted by atomic mass is 9.93. The fraction of sp³-hybridized carbons (Fsp3) is 0.269. The molecular formula is C26H29F3N4O. The van der Waals surface area contributed by atoms with Crippen LogP contribution in [0.1, 0.15) is 64.8 Å². The van der Waals surface area contributed by atoms with Crippen molar-refractivity contribution in [2.45, 2.75) is 44.8 Å². The number of nitrogen functional groups attached to an aromatic ring is 1. The van der Waals surface area contributed by atoms with Gasteiger partial charge in [0.25, 0.3) is 5.91 Å². The third-order valence-electron chi connectivity index (χ3n) is 6.02. The van der Waals surface area contributed by atoms with Crippen molar-refractivity contribution in [2.24, 2.45) is 0 Å². The number of fused-ring (bicyclic) bond motifs is 1. The summed E-state index contributed by atoms with van der Waals surface area (Å²) in [6, 6.07) is 16.3. The van der Waals surface area contributed by atoms with Gasteiger partial charge in [0.2, 0.25) is 0 Å². The number of carbonyl (C=O) groups is 1. The molecule has 1 amide bonds. The van der Waals surface area contributed by atoms with Crippen LogP contribution in [0.5, 0.6) is 0 Å². The molecule has 0 radical (unpaired) electrons. The van der Waals surface area contributed by atoms with Gasteiger partial charge in [-0.1, -0.05) is 44.2 Å². The van der Waals surface area contributed by atoms with Crippen LogP contribution < -0.4 is 22.5 Å². The molecule has 0 heterocycles. The normalized spacial score (nSPS) is 14.9. The summed E-state index contributed by atoms with van der Waals surface area (Å²) >= 11 is 0. The Labute approximate surface area is 197 Å². The van der Waals surface area contributed by atoms with Crippen molar-refractivity contribution in [3.05, 3.63) is 88.5 Å². The van der Waals surface area contributed by atoms with E-state index in [-0.39, 0.29) is 29.7 Å². The first-order chi connectivity index (χ1) is 15.6. The van der Waals surface area contributed by atoms with Gasteiger partial charge in [-0.25, -0.2) is 0 Å². The SMILES string of the molecule is CC(C)c1c(C(=O)N[C@H]2CCc3ccccc32)ccc(Nc2cccc(C(F)(F)F)c2)c1N.N. The highest BCUT2D eigenvalue weighted by Gasteiger charge is 2.30. The molecule has 7 N–H and O–H groups in total. The lowest BCUT2D eigenvalue weighted by Gasteiger charge is -2.21. The standard InChI is InChI=1S/C26H26F3N3O.H3N/c1-15(2)23-20(25(33)32-21-12-10-16-6-3-4-9-19(16)21)11-13-22(24(23)30)31-18-8-5-7-17(14-18)26(27,28)29;/h3-9,11,13-15,21,31H,10,12,30H2,1-2H3,(H,32,33);1H3/t21-;/m0./s1. The summed E-state index contributed by atoms with van der Waals surface area (Å²) in [7, 11) is 0. The van der Waals surface area contributed by atoms with E-state index in [1.165, 1.54) is 11.6 Å². The molecule has 180 valence electrons. The molecule has 1 aliphatic carbocycles. The van der Waals surface area contributed by atoms with Gasteiger partial charge in [-0.2, -0.15) is 13.2 Å². The smallest absolute Gasteiger partial charge is 0.397 e. The van der Waals surface area contributed by atoms with Gasteiger partial charge in [0.05, 0.1) is 23.0 Å². The largest absolute Gasteiger partial charge is 0.416 e. The molecule has 8 heteroatoms. The van der Waals surface area contributed by atoms with E-state index < -0.39 is 11.7 Å². The van der Waals surface area contributed by atoms with E-state index in [1.807, 2.05) is 32.0 Å². The van der Waals surface area contributed by atoms with Crippen molar-refractivity contribution in [3.63, 3.8) is 0 Å². The summed E-state index contributed by atoms with van der Waals surface area (Å²) in [6.45, 7) is 3.86. The first kappa shape index (κ1) is 25.1. The third-order valence-corrected chi connectivity index (χ3v) is 6.02. The highest BCUT2D eigenvalue weighted by atomic mass is 19.4. The van der Waals surface area contributed by atoms with E-state index >= 15 is 0 Å². The topological polar surface area (TPSA) is 102 Å². The number of nitrogens with one attached hydrogen (secondary N) is 2. The van der Waals surface area contributed by atoms with E-state index in [2.05, 4.69) is 16.7 Å².